The first-order valence-electron chi connectivity index (χ1n) is 7.17. The standard InChI is InChI=1S/C16H26BrNO2/c1-11(2)6-7-18-10-13-8-14(17)9-15(19-5)16(13)20-12(3)4/h8-9,11-12,18H,6-7,10H2,1-5H3. The second kappa shape index (κ2) is 8.53. The highest BCUT2D eigenvalue weighted by atomic mass is 79.9. The van der Waals surface area contributed by atoms with Crippen molar-refractivity contribution in [3.8, 4) is 11.5 Å². The van der Waals surface area contributed by atoms with E-state index in [1.165, 1.54) is 6.42 Å². The molecule has 0 aliphatic heterocycles. The zero-order valence-electron chi connectivity index (χ0n) is 13.1. The van der Waals surface area contributed by atoms with Gasteiger partial charge in [-0.25, -0.2) is 0 Å². The summed E-state index contributed by atoms with van der Waals surface area (Å²) in [5.74, 6) is 2.32. The Morgan fingerprint density at radius 3 is 2.45 bits per heavy atom. The van der Waals surface area contributed by atoms with Gasteiger partial charge in [0.2, 0.25) is 0 Å². The molecule has 0 amide bonds. The van der Waals surface area contributed by atoms with Gasteiger partial charge in [-0.05, 0) is 44.9 Å². The minimum atomic E-state index is 0.125. The van der Waals surface area contributed by atoms with Crippen molar-refractivity contribution >= 4 is 15.9 Å². The summed E-state index contributed by atoms with van der Waals surface area (Å²) in [6.45, 7) is 10.3. The lowest BCUT2D eigenvalue weighted by molar-refractivity contribution is 0.227. The minimum Gasteiger partial charge on any atom is -0.493 e. The third-order valence-corrected chi connectivity index (χ3v) is 3.34. The topological polar surface area (TPSA) is 30.5 Å². The third kappa shape index (κ3) is 5.71. The first-order valence-corrected chi connectivity index (χ1v) is 7.97. The van der Waals surface area contributed by atoms with Crippen LogP contribution in [0.1, 0.15) is 39.7 Å². The molecule has 0 saturated carbocycles. The van der Waals surface area contributed by atoms with E-state index >= 15 is 0 Å². The summed E-state index contributed by atoms with van der Waals surface area (Å²) in [5.41, 5.74) is 1.12. The van der Waals surface area contributed by atoms with Crippen LogP contribution in [0.15, 0.2) is 16.6 Å². The summed E-state index contributed by atoms with van der Waals surface area (Å²) in [6.07, 6.45) is 1.30. The summed E-state index contributed by atoms with van der Waals surface area (Å²) >= 11 is 3.52. The number of ether oxygens (including phenoxy) is 2. The quantitative estimate of drug-likeness (QED) is 0.710. The van der Waals surface area contributed by atoms with E-state index in [-0.39, 0.29) is 6.10 Å². The first-order chi connectivity index (χ1) is 9.43. The van der Waals surface area contributed by atoms with Crippen LogP contribution in [-0.4, -0.2) is 19.8 Å². The predicted molar refractivity (Wildman–Crippen MR) is 87.6 cm³/mol. The van der Waals surface area contributed by atoms with Crippen molar-refractivity contribution < 1.29 is 9.47 Å². The van der Waals surface area contributed by atoms with Gasteiger partial charge in [0.15, 0.2) is 11.5 Å². The van der Waals surface area contributed by atoms with E-state index in [0.29, 0.717) is 5.92 Å². The van der Waals surface area contributed by atoms with Crippen molar-refractivity contribution in [2.75, 3.05) is 13.7 Å². The Kier molecular flexibility index (Phi) is 7.38. The number of hydrogen-bond acceptors (Lipinski definition) is 3. The van der Waals surface area contributed by atoms with Crippen LogP contribution in [0.4, 0.5) is 0 Å². The van der Waals surface area contributed by atoms with Crippen LogP contribution >= 0.6 is 15.9 Å². The van der Waals surface area contributed by atoms with Gasteiger partial charge in [0, 0.05) is 16.6 Å². The van der Waals surface area contributed by atoms with Gasteiger partial charge in [-0.2, -0.15) is 0 Å². The summed E-state index contributed by atoms with van der Waals surface area (Å²) < 4.78 is 12.3. The molecule has 0 bridgehead atoms. The van der Waals surface area contributed by atoms with Gasteiger partial charge in [0.25, 0.3) is 0 Å². The maximum absolute atomic E-state index is 5.91. The van der Waals surface area contributed by atoms with Gasteiger partial charge < -0.3 is 14.8 Å². The summed E-state index contributed by atoms with van der Waals surface area (Å²) in [6, 6.07) is 4.03. The molecule has 0 heterocycles. The molecule has 0 spiro atoms. The van der Waals surface area contributed by atoms with Crippen molar-refractivity contribution in [3.63, 3.8) is 0 Å². The lowest BCUT2D eigenvalue weighted by Crippen LogP contribution is -2.18. The summed E-state index contributed by atoms with van der Waals surface area (Å²) in [5, 5.41) is 3.47. The highest BCUT2D eigenvalue weighted by molar-refractivity contribution is 9.10. The van der Waals surface area contributed by atoms with Crippen LogP contribution in [0, 0.1) is 5.92 Å². The lowest BCUT2D eigenvalue weighted by Gasteiger charge is -2.18. The van der Waals surface area contributed by atoms with Gasteiger partial charge in [-0.1, -0.05) is 29.8 Å². The summed E-state index contributed by atoms with van der Waals surface area (Å²) in [4.78, 5) is 0. The molecule has 20 heavy (non-hydrogen) atoms. The Morgan fingerprint density at radius 2 is 1.90 bits per heavy atom. The fraction of sp³-hybridized carbons (Fsp3) is 0.625. The zero-order valence-corrected chi connectivity index (χ0v) is 14.7. The molecule has 0 unspecified atom stereocenters. The van der Waals surface area contributed by atoms with E-state index < -0.39 is 0 Å². The molecule has 0 saturated heterocycles. The maximum atomic E-state index is 5.91. The van der Waals surface area contributed by atoms with Crippen molar-refractivity contribution in [1.82, 2.24) is 5.32 Å². The normalized spacial score (nSPS) is 11.2. The highest BCUT2D eigenvalue weighted by Crippen LogP contribution is 2.35. The Balaban J connectivity index is 2.83. The molecule has 4 heteroatoms. The second-order valence-corrected chi connectivity index (χ2v) is 6.54. The van der Waals surface area contributed by atoms with Gasteiger partial charge in [0.05, 0.1) is 13.2 Å². The Hall–Kier alpha value is -0.740. The maximum Gasteiger partial charge on any atom is 0.166 e. The van der Waals surface area contributed by atoms with Gasteiger partial charge in [-0.15, -0.1) is 0 Å². The molecule has 1 N–H and O–H groups in total. The van der Waals surface area contributed by atoms with Gasteiger partial charge in [-0.3, -0.25) is 0 Å². The van der Waals surface area contributed by atoms with Crippen LogP contribution in [0.25, 0.3) is 0 Å². The molecule has 0 aliphatic rings. The molecule has 114 valence electrons. The van der Waals surface area contributed by atoms with E-state index in [9.17, 15) is 0 Å². The SMILES string of the molecule is COc1cc(Br)cc(CNCCC(C)C)c1OC(C)C. The molecule has 0 fully saturated rings. The van der Waals surface area contributed by atoms with Gasteiger partial charge in [0.1, 0.15) is 0 Å². The van der Waals surface area contributed by atoms with Crippen LogP contribution in [-0.2, 0) is 6.54 Å². The van der Waals surface area contributed by atoms with E-state index in [0.717, 1.165) is 34.6 Å². The molecule has 1 rings (SSSR count). The molecule has 3 nitrogen and oxygen atoms in total. The largest absolute Gasteiger partial charge is 0.493 e. The van der Waals surface area contributed by atoms with Crippen LogP contribution in [0.5, 0.6) is 11.5 Å². The van der Waals surface area contributed by atoms with E-state index in [4.69, 9.17) is 9.47 Å². The number of rotatable bonds is 8. The van der Waals surface area contributed by atoms with Gasteiger partial charge >= 0.3 is 0 Å². The number of methoxy groups -OCH3 is 1. The number of hydrogen-bond donors (Lipinski definition) is 1. The minimum absolute atomic E-state index is 0.125. The number of benzene rings is 1. The number of nitrogens with one attached hydrogen (secondary N) is 1. The van der Waals surface area contributed by atoms with Crippen LogP contribution in [0.2, 0.25) is 0 Å². The predicted octanol–water partition coefficient (Wildman–Crippen LogP) is 4.38. The van der Waals surface area contributed by atoms with Crippen molar-refractivity contribution in [2.45, 2.75) is 46.8 Å². The van der Waals surface area contributed by atoms with Crippen LogP contribution < -0.4 is 14.8 Å². The van der Waals surface area contributed by atoms with E-state index in [2.05, 4.69) is 41.2 Å². The van der Waals surface area contributed by atoms with Crippen molar-refractivity contribution in [1.29, 1.82) is 0 Å². The lowest BCUT2D eigenvalue weighted by atomic mass is 10.1. The highest BCUT2D eigenvalue weighted by Gasteiger charge is 2.14. The smallest absolute Gasteiger partial charge is 0.166 e. The molecular formula is C16H26BrNO2. The monoisotopic (exact) mass is 343 g/mol. The number of halogens is 1. The molecular weight excluding hydrogens is 318 g/mol. The molecule has 1 aromatic rings. The first kappa shape index (κ1) is 17.3. The molecule has 0 atom stereocenters. The van der Waals surface area contributed by atoms with Crippen molar-refractivity contribution in [2.24, 2.45) is 5.92 Å². The molecule has 0 aromatic heterocycles. The van der Waals surface area contributed by atoms with Crippen molar-refractivity contribution in [3.05, 3.63) is 22.2 Å². The average molecular weight is 344 g/mol. The molecule has 0 radical (unpaired) electrons. The average Bonchev–Trinajstić information content (AvgIpc) is 2.36. The Morgan fingerprint density at radius 1 is 1.20 bits per heavy atom. The fourth-order valence-corrected chi connectivity index (χ4v) is 2.37. The Bertz CT molecular complexity index is 419. The fourth-order valence-electron chi connectivity index (χ4n) is 1.89. The van der Waals surface area contributed by atoms with E-state index in [1.807, 2.05) is 19.9 Å². The zero-order chi connectivity index (χ0) is 15.1. The van der Waals surface area contributed by atoms with Crippen LogP contribution in [0.3, 0.4) is 0 Å². The summed E-state index contributed by atoms with van der Waals surface area (Å²) in [7, 11) is 1.67. The Labute approximate surface area is 131 Å². The molecule has 0 aliphatic carbocycles. The molecule has 1 aromatic carbocycles. The second-order valence-electron chi connectivity index (χ2n) is 5.62. The van der Waals surface area contributed by atoms with E-state index in [1.54, 1.807) is 7.11 Å². The third-order valence-electron chi connectivity index (χ3n) is 2.88.